The summed E-state index contributed by atoms with van der Waals surface area (Å²) in [4.78, 5) is 30.2. The standard InChI is InChI=1S/C22H28N6O3S2/c1-23-11-14-12-24-21(25-15-4-8-28(9-5-15)33(3,30)31)26-18(14)17-10-16-19(32-17)22(6-7-22)13-27(2)20(16)29/h10-12,15H,4-9,13H2,1-3H3,(H,24,25,26)/b23-11+. The van der Waals surface area contributed by atoms with E-state index in [1.807, 2.05) is 18.0 Å². The largest absolute Gasteiger partial charge is 0.351 e. The molecule has 2 aromatic heterocycles. The van der Waals surface area contributed by atoms with Crippen LogP contribution in [0.4, 0.5) is 5.95 Å². The number of carbonyl (C=O) groups excluding carboxylic acids is 1. The van der Waals surface area contributed by atoms with E-state index in [0.29, 0.717) is 31.9 Å². The highest BCUT2D eigenvalue weighted by Crippen LogP contribution is 2.55. The molecule has 0 bridgehead atoms. The molecule has 1 spiro atoms. The molecule has 5 rings (SSSR count). The van der Waals surface area contributed by atoms with Gasteiger partial charge in [0.25, 0.3) is 5.91 Å². The van der Waals surface area contributed by atoms with Crippen molar-refractivity contribution in [2.24, 2.45) is 4.99 Å². The fourth-order valence-electron chi connectivity index (χ4n) is 4.81. The molecule has 2 aliphatic heterocycles. The van der Waals surface area contributed by atoms with Crippen molar-refractivity contribution in [2.45, 2.75) is 37.1 Å². The van der Waals surface area contributed by atoms with Gasteiger partial charge < -0.3 is 10.2 Å². The number of sulfonamides is 1. The van der Waals surface area contributed by atoms with E-state index in [1.54, 1.807) is 30.8 Å². The predicted octanol–water partition coefficient (Wildman–Crippen LogP) is 2.21. The zero-order valence-corrected chi connectivity index (χ0v) is 20.7. The summed E-state index contributed by atoms with van der Waals surface area (Å²) in [5.74, 6) is 0.577. The number of aromatic nitrogens is 2. The number of hydrogen-bond acceptors (Lipinski definition) is 8. The highest BCUT2D eigenvalue weighted by molar-refractivity contribution is 7.88. The van der Waals surface area contributed by atoms with E-state index in [9.17, 15) is 13.2 Å². The Bertz CT molecular complexity index is 1230. The van der Waals surface area contributed by atoms with Crippen molar-refractivity contribution in [3.8, 4) is 10.6 Å². The number of carbonyl (C=O) groups is 1. The number of nitrogens with zero attached hydrogens (tertiary/aromatic N) is 5. The number of fused-ring (bicyclic) bond motifs is 2. The number of amides is 1. The van der Waals surface area contributed by atoms with Crippen molar-refractivity contribution >= 4 is 39.4 Å². The SMILES string of the molecule is C/N=C/c1cnc(NC2CCN(S(C)(=O)=O)CC2)nc1-c1cc2c(s1)C1(CC1)CN(C)C2=O. The van der Waals surface area contributed by atoms with Crippen molar-refractivity contribution in [1.29, 1.82) is 0 Å². The van der Waals surface area contributed by atoms with Gasteiger partial charge >= 0.3 is 0 Å². The molecule has 3 aliphatic rings. The molecule has 0 aromatic carbocycles. The van der Waals surface area contributed by atoms with Crippen LogP contribution in [0.2, 0.25) is 0 Å². The topological polar surface area (TPSA) is 108 Å². The molecule has 9 nitrogen and oxygen atoms in total. The van der Waals surface area contributed by atoms with Crippen molar-refractivity contribution in [3.63, 3.8) is 0 Å². The third kappa shape index (κ3) is 4.17. The molecule has 0 radical (unpaired) electrons. The third-order valence-corrected chi connectivity index (χ3v) is 9.45. The quantitative estimate of drug-likeness (QED) is 0.647. The highest BCUT2D eigenvalue weighted by atomic mass is 32.2. The summed E-state index contributed by atoms with van der Waals surface area (Å²) in [5, 5.41) is 3.38. The maximum atomic E-state index is 12.8. The van der Waals surface area contributed by atoms with Crippen LogP contribution in [-0.4, -0.2) is 85.7 Å². The average molecular weight is 489 g/mol. The minimum atomic E-state index is -3.16. The van der Waals surface area contributed by atoms with Crippen LogP contribution >= 0.6 is 11.3 Å². The fourth-order valence-corrected chi connectivity index (χ4v) is 7.08. The summed E-state index contributed by atoms with van der Waals surface area (Å²) in [6.07, 6.45) is 8.36. The Morgan fingerprint density at radius 3 is 2.67 bits per heavy atom. The lowest BCUT2D eigenvalue weighted by molar-refractivity contribution is 0.0760. The molecule has 4 heterocycles. The molecule has 1 aliphatic carbocycles. The lowest BCUT2D eigenvalue weighted by atomic mass is 9.95. The normalized spacial score (nSPS) is 21.1. The van der Waals surface area contributed by atoms with Crippen LogP contribution in [-0.2, 0) is 15.4 Å². The van der Waals surface area contributed by atoms with Gasteiger partial charge in [0, 0.05) is 68.0 Å². The second-order valence-electron chi connectivity index (χ2n) is 9.26. The first-order chi connectivity index (χ1) is 15.7. The number of hydrogen-bond donors (Lipinski definition) is 1. The number of aliphatic imine (C=N–C) groups is 1. The van der Waals surface area contributed by atoms with Crippen LogP contribution in [0, 0.1) is 0 Å². The molecule has 176 valence electrons. The molecule has 1 saturated heterocycles. The van der Waals surface area contributed by atoms with Gasteiger partial charge in [0.2, 0.25) is 16.0 Å². The number of anilines is 1. The number of rotatable bonds is 5. The smallest absolute Gasteiger partial charge is 0.254 e. The Labute approximate surface area is 198 Å². The summed E-state index contributed by atoms with van der Waals surface area (Å²) in [6, 6.07) is 2.07. The van der Waals surface area contributed by atoms with E-state index < -0.39 is 10.0 Å². The summed E-state index contributed by atoms with van der Waals surface area (Å²) in [6.45, 7) is 1.75. The predicted molar refractivity (Wildman–Crippen MR) is 130 cm³/mol. The highest BCUT2D eigenvalue weighted by Gasteiger charge is 2.52. The third-order valence-electron chi connectivity index (χ3n) is 6.76. The van der Waals surface area contributed by atoms with Gasteiger partial charge in [-0.2, -0.15) is 0 Å². The molecule has 2 fully saturated rings. The minimum Gasteiger partial charge on any atom is -0.351 e. The molecule has 11 heteroatoms. The number of piperidine rings is 1. The first-order valence-electron chi connectivity index (χ1n) is 11.1. The van der Waals surface area contributed by atoms with Crippen LogP contribution in [0.5, 0.6) is 0 Å². The van der Waals surface area contributed by atoms with Crippen LogP contribution in [0.3, 0.4) is 0 Å². The van der Waals surface area contributed by atoms with Gasteiger partial charge in [-0.3, -0.25) is 9.79 Å². The number of thiophene rings is 1. The Balaban J connectivity index is 1.43. The molecular formula is C22H28N6O3S2. The van der Waals surface area contributed by atoms with Crippen LogP contribution < -0.4 is 5.32 Å². The molecule has 1 amide bonds. The second kappa shape index (κ2) is 8.14. The zero-order chi connectivity index (χ0) is 23.4. The van der Waals surface area contributed by atoms with E-state index in [-0.39, 0.29) is 17.4 Å². The Hall–Kier alpha value is -2.37. The number of nitrogens with one attached hydrogen (secondary N) is 1. The van der Waals surface area contributed by atoms with Gasteiger partial charge in [-0.15, -0.1) is 11.3 Å². The second-order valence-corrected chi connectivity index (χ2v) is 12.3. The molecule has 0 unspecified atom stereocenters. The van der Waals surface area contributed by atoms with Crippen molar-refractivity contribution < 1.29 is 13.2 Å². The van der Waals surface area contributed by atoms with Gasteiger partial charge in [-0.25, -0.2) is 22.7 Å². The number of likely N-dealkylation sites (N-methyl/N-ethyl adjacent to an activating group) is 1. The monoisotopic (exact) mass is 488 g/mol. The van der Waals surface area contributed by atoms with Crippen LogP contribution in [0.15, 0.2) is 17.3 Å². The minimum absolute atomic E-state index is 0.0702. The first-order valence-corrected chi connectivity index (χ1v) is 13.8. The van der Waals surface area contributed by atoms with Crippen molar-refractivity contribution in [1.82, 2.24) is 19.2 Å². The van der Waals surface area contributed by atoms with Gasteiger partial charge in [-0.1, -0.05) is 0 Å². The molecule has 2 aromatic rings. The van der Waals surface area contributed by atoms with E-state index in [1.165, 1.54) is 15.4 Å². The molecule has 1 N–H and O–H groups in total. The molecule has 33 heavy (non-hydrogen) atoms. The van der Waals surface area contributed by atoms with Gasteiger partial charge in [0.05, 0.1) is 22.4 Å². The van der Waals surface area contributed by atoms with Crippen molar-refractivity contribution in [2.75, 3.05) is 45.3 Å². The lowest BCUT2D eigenvalue weighted by Crippen LogP contribution is -2.42. The maximum absolute atomic E-state index is 12.8. The average Bonchev–Trinajstić information content (AvgIpc) is 3.39. The summed E-state index contributed by atoms with van der Waals surface area (Å²) < 4.78 is 25.1. The van der Waals surface area contributed by atoms with Gasteiger partial charge in [-0.05, 0) is 31.7 Å². The summed E-state index contributed by atoms with van der Waals surface area (Å²) in [5.41, 5.74) is 2.47. The van der Waals surface area contributed by atoms with E-state index in [4.69, 9.17) is 4.98 Å². The zero-order valence-electron chi connectivity index (χ0n) is 19.0. The van der Waals surface area contributed by atoms with Gasteiger partial charge in [0.1, 0.15) is 0 Å². The summed E-state index contributed by atoms with van der Waals surface area (Å²) in [7, 11) is 0.424. The van der Waals surface area contributed by atoms with E-state index in [0.717, 1.165) is 41.1 Å². The Kier molecular flexibility index (Phi) is 5.53. The molecule has 0 atom stereocenters. The Morgan fingerprint density at radius 2 is 2.03 bits per heavy atom. The lowest BCUT2D eigenvalue weighted by Gasteiger charge is -2.30. The van der Waals surface area contributed by atoms with Gasteiger partial charge in [0.15, 0.2) is 0 Å². The fraction of sp³-hybridized carbons (Fsp3) is 0.545. The van der Waals surface area contributed by atoms with Crippen LogP contribution in [0.25, 0.3) is 10.6 Å². The van der Waals surface area contributed by atoms with E-state index >= 15 is 0 Å². The Morgan fingerprint density at radius 1 is 1.30 bits per heavy atom. The first kappa shape index (κ1) is 22.4. The van der Waals surface area contributed by atoms with E-state index in [2.05, 4.69) is 15.3 Å². The molecular weight excluding hydrogens is 460 g/mol. The molecule has 1 saturated carbocycles. The maximum Gasteiger partial charge on any atom is 0.254 e. The van der Waals surface area contributed by atoms with Crippen LogP contribution in [0.1, 0.15) is 46.5 Å². The van der Waals surface area contributed by atoms with Crippen molar-refractivity contribution in [3.05, 3.63) is 28.3 Å². The summed E-state index contributed by atoms with van der Waals surface area (Å²) >= 11 is 1.66.